The number of nitrogens with one attached hydrogen (secondary N) is 2. The molecule has 1 heterocycles. The standard InChI is InChI=1S/C22H24Cl2N2O7S/c1-12-2-6-14(7-3-12)34(31,32)25-11-17-20(28)21(29)19(22(30)33-17)26-18(27)9-5-13-4-8-15(23)16(24)10-13/h2-10,17,19-22,25,28-30H,11H2,1H3,(H,26,27)/b9-5+/t17-,19+,20-,21-,22+/m1/s1. The fraction of sp³-hybridized carbons (Fsp3) is 0.318. The number of hydrogen-bond donors (Lipinski definition) is 5. The molecular formula is C22H24Cl2N2O7S. The van der Waals surface area contributed by atoms with Crippen LogP contribution in [0.2, 0.25) is 10.0 Å². The van der Waals surface area contributed by atoms with Gasteiger partial charge >= 0.3 is 0 Å². The van der Waals surface area contributed by atoms with Gasteiger partial charge in [-0.25, -0.2) is 13.1 Å². The molecule has 1 amide bonds. The Kier molecular flexibility index (Phi) is 8.72. The molecule has 3 rings (SSSR count). The molecule has 0 aromatic heterocycles. The zero-order valence-corrected chi connectivity index (χ0v) is 20.3. The van der Waals surface area contributed by atoms with Gasteiger partial charge in [0.25, 0.3) is 0 Å². The summed E-state index contributed by atoms with van der Waals surface area (Å²) in [6, 6.07) is 9.52. The minimum atomic E-state index is -3.91. The van der Waals surface area contributed by atoms with Crippen molar-refractivity contribution < 1.29 is 33.3 Å². The van der Waals surface area contributed by atoms with Crippen LogP contribution < -0.4 is 10.0 Å². The molecule has 5 N–H and O–H groups in total. The van der Waals surface area contributed by atoms with Crippen LogP contribution in [0.3, 0.4) is 0 Å². The Hall–Kier alpha value is -2.02. The maximum Gasteiger partial charge on any atom is 0.244 e. The summed E-state index contributed by atoms with van der Waals surface area (Å²) in [4.78, 5) is 12.3. The highest BCUT2D eigenvalue weighted by Gasteiger charge is 2.44. The van der Waals surface area contributed by atoms with Gasteiger partial charge in [-0.1, -0.05) is 47.0 Å². The summed E-state index contributed by atoms with van der Waals surface area (Å²) in [7, 11) is -3.91. The van der Waals surface area contributed by atoms with E-state index in [1.165, 1.54) is 18.2 Å². The molecule has 0 radical (unpaired) electrons. The van der Waals surface area contributed by atoms with Gasteiger partial charge in [0.15, 0.2) is 6.29 Å². The monoisotopic (exact) mass is 530 g/mol. The van der Waals surface area contributed by atoms with Gasteiger partial charge in [-0.2, -0.15) is 0 Å². The fourth-order valence-corrected chi connectivity index (χ4v) is 4.61. The highest BCUT2D eigenvalue weighted by atomic mass is 35.5. The highest BCUT2D eigenvalue weighted by Crippen LogP contribution is 2.23. The first kappa shape index (κ1) is 26.6. The molecule has 0 saturated carbocycles. The molecule has 2 aromatic rings. The summed E-state index contributed by atoms with van der Waals surface area (Å²) >= 11 is 11.8. The third-order valence-electron chi connectivity index (χ3n) is 5.21. The molecule has 1 aliphatic heterocycles. The molecule has 34 heavy (non-hydrogen) atoms. The molecule has 1 fully saturated rings. The smallest absolute Gasteiger partial charge is 0.244 e. The number of aryl methyl sites for hydroxylation is 1. The highest BCUT2D eigenvalue weighted by molar-refractivity contribution is 7.89. The van der Waals surface area contributed by atoms with Crippen LogP contribution >= 0.6 is 23.2 Å². The number of ether oxygens (including phenoxy) is 1. The number of benzene rings is 2. The largest absolute Gasteiger partial charge is 0.388 e. The number of amides is 1. The minimum Gasteiger partial charge on any atom is -0.388 e. The lowest BCUT2D eigenvalue weighted by atomic mass is 9.96. The van der Waals surface area contributed by atoms with E-state index >= 15 is 0 Å². The number of halogens is 2. The van der Waals surface area contributed by atoms with Crippen LogP contribution in [0.5, 0.6) is 0 Å². The number of hydrogen-bond acceptors (Lipinski definition) is 7. The summed E-state index contributed by atoms with van der Waals surface area (Å²) in [6.45, 7) is 1.40. The molecule has 1 saturated heterocycles. The van der Waals surface area contributed by atoms with Crippen molar-refractivity contribution in [2.24, 2.45) is 0 Å². The third-order valence-corrected chi connectivity index (χ3v) is 7.38. The zero-order valence-electron chi connectivity index (χ0n) is 17.9. The molecule has 5 atom stereocenters. The van der Waals surface area contributed by atoms with Crippen LogP contribution in [-0.2, 0) is 19.6 Å². The Bertz CT molecular complexity index is 1160. The molecular weight excluding hydrogens is 507 g/mol. The van der Waals surface area contributed by atoms with Crippen molar-refractivity contribution in [1.29, 1.82) is 0 Å². The van der Waals surface area contributed by atoms with Gasteiger partial charge in [0.05, 0.1) is 14.9 Å². The van der Waals surface area contributed by atoms with Crippen molar-refractivity contribution in [3.8, 4) is 0 Å². The molecule has 1 aliphatic rings. The number of aliphatic hydroxyl groups is 3. The van der Waals surface area contributed by atoms with Crippen molar-refractivity contribution in [2.45, 2.75) is 42.5 Å². The lowest BCUT2D eigenvalue weighted by molar-refractivity contribution is -0.244. The molecule has 0 spiro atoms. The molecule has 0 aliphatic carbocycles. The molecule has 9 nitrogen and oxygen atoms in total. The van der Waals surface area contributed by atoms with E-state index in [2.05, 4.69) is 10.0 Å². The van der Waals surface area contributed by atoms with Crippen molar-refractivity contribution in [3.05, 3.63) is 69.7 Å². The Morgan fingerprint density at radius 3 is 2.38 bits per heavy atom. The van der Waals surface area contributed by atoms with Crippen molar-refractivity contribution >= 4 is 45.2 Å². The van der Waals surface area contributed by atoms with Crippen LogP contribution in [0.4, 0.5) is 0 Å². The van der Waals surface area contributed by atoms with E-state index < -0.39 is 53.1 Å². The van der Waals surface area contributed by atoms with Crippen molar-refractivity contribution in [2.75, 3.05) is 6.54 Å². The van der Waals surface area contributed by atoms with E-state index in [0.717, 1.165) is 11.6 Å². The molecule has 0 bridgehead atoms. The first-order valence-electron chi connectivity index (χ1n) is 10.2. The summed E-state index contributed by atoms with van der Waals surface area (Å²) < 4.78 is 32.4. The second-order valence-electron chi connectivity index (χ2n) is 7.75. The lowest BCUT2D eigenvalue weighted by Crippen LogP contribution is -2.64. The first-order valence-corrected chi connectivity index (χ1v) is 12.4. The fourth-order valence-electron chi connectivity index (χ4n) is 3.26. The van der Waals surface area contributed by atoms with Crippen LogP contribution in [0.1, 0.15) is 11.1 Å². The Balaban J connectivity index is 1.59. The Morgan fingerprint density at radius 1 is 1.06 bits per heavy atom. The van der Waals surface area contributed by atoms with Gasteiger partial charge in [0.1, 0.15) is 24.4 Å². The topological polar surface area (TPSA) is 145 Å². The van der Waals surface area contributed by atoms with E-state index in [1.54, 1.807) is 30.3 Å². The number of sulfonamides is 1. The average molecular weight is 531 g/mol. The zero-order chi connectivity index (χ0) is 25.0. The summed E-state index contributed by atoms with van der Waals surface area (Å²) in [6.07, 6.45) is -3.58. The molecule has 184 valence electrons. The average Bonchev–Trinajstić information content (AvgIpc) is 2.79. The van der Waals surface area contributed by atoms with Crippen LogP contribution in [0, 0.1) is 6.92 Å². The van der Waals surface area contributed by atoms with Crippen LogP contribution in [0.25, 0.3) is 6.08 Å². The molecule has 12 heteroatoms. The van der Waals surface area contributed by atoms with Gasteiger partial charge in [0, 0.05) is 12.6 Å². The van der Waals surface area contributed by atoms with Gasteiger partial charge in [0.2, 0.25) is 15.9 Å². The second-order valence-corrected chi connectivity index (χ2v) is 10.3. The SMILES string of the molecule is Cc1ccc(S(=O)(=O)NC[C@H]2O[C@H](O)[C@@H](NC(=O)/C=C/c3ccc(Cl)c(Cl)c3)[C@@H](O)[C@@H]2O)cc1. The molecule has 0 unspecified atom stereocenters. The number of aliphatic hydroxyl groups excluding tert-OH is 3. The van der Waals surface area contributed by atoms with Crippen molar-refractivity contribution in [3.63, 3.8) is 0 Å². The normalized spacial score (nSPS) is 25.4. The predicted molar refractivity (Wildman–Crippen MR) is 127 cm³/mol. The Morgan fingerprint density at radius 2 is 1.74 bits per heavy atom. The van der Waals surface area contributed by atoms with E-state index in [-0.39, 0.29) is 4.90 Å². The first-order chi connectivity index (χ1) is 16.0. The second kappa shape index (κ2) is 11.1. The van der Waals surface area contributed by atoms with Gasteiger partial charge in [-0.15, -0.1) is 0 Å². The number of carbonyl (C=O) groups excluding carboxylic acids is 1. The van der Waals surface area contributed by atoms with Crippen LogP contribution in [-0.4, -0.2) is 66.8 Å². The van der Waals surface area contributed by atoms with Crippen LogP contribution in [0.15, 0.2) is 53.4 Å². The lowest BCUT2D eigenvalue weighted by Gasteiger charge is -2.40. The van der Waals surface area contributed by atoms with E-state index in [0.29, 0.717) is 15.6 Å². The summed E-state index contributed by atoms with van der Waals surface area (Å²) in [5.74, 6) is -0.677. The molecule has 2 aromatic carbocycles. The van der Waals surface area contributed by atoms with Crippen molar-refractivity contribution in [1.82, 2.24) is 10.0 Å². The van der Waals surface area contributed by atoms with Gasteiger partial charge < -0.3 is 25.4 Å². The van der Waals surface area contributed by atoms with E-state index in [1.807, 2.05) is 6.92 Å². The number of carbonyl (C=O) groups is 1. The van der Waals surface area contributed by atoms with Gasteiger partial charge in [-0.3, -0.25) is 4.79 Å². The van der Waals surface area contributed by atoms with E-state index in [4.69, 9.17) is 27.9 Å². The minimum absolute atomic E-state index is 0.0170. The maximum atomic E-state index is 12.4. The number of rotatable bonds is 7. The summed E-state index contributed by atoms with van der Waals surface area (Å²) in [5, 5.41) is 34.1. The summed E-state index contributed by atoms with van der Waals surface area (Å²) in [5.41, 5.74) is 1.47. The maximum absolute atomic E-state index is 12.4. The Labute approximate surface area is 207 Å². The quantitative estimate of drug-likeness (QED) is 0.338. The third kappa shape index (κ3) is 6.55. The predicted octanol–water partition coefficient (Wildman–Crippen LogP) is 1.22. The van der Waals surface area contributed by atoms with Gasteiger partial charge in [-0.05, 0) is 42.8 Å². The van der Waals surface area contributed by atoms with E-state index in [9.17, 15) is 28.5 Å².